The lowest BCUT2D eigenvalue weighted by molar-refractivity contribution is -0.126. The highest BCUT2D eigenvalue weighted by Gasteiger charge is 2.28. The molecule has 3 rings (SSSR count). The van der Waals surface area contributed by atoms with E-state index in [9.17, 15) is 4.79 Å². The molecule has 1 atom stereocenters. The fraction of sp³-hybridized carbons (Fsp3) is 0.381. The zero-order valence-corrected chi connectivity index (χ0v) is 15.1. The summed E-state index contributed by atoms with van der Waals surface area (Å²) in [6.45, 7) is 2.47. The lowest BCUT2D eigenvalue weighted by Crippen LogP contribution is -2.48. The number of nitrogens with zero attached hydrogens (tertiary/aromatic N) is 2. The van der Waals surface area contributed by atoms with E-state index >= 15 is 0 Å². The predicted molar refractivity (Wildman–Crippen MR) is 103 cm³/mol. The second-order valence-electron chi connectivity index (χ2n) is 6.81. The van der Waals surface area contributed by atoms with Gasteiger partial charge in [0.25, 0.3) is 0 Å². The van der Waals surface area contributed by atoms with Gasteiger partial charge in [0.2, 0.25) is 5.91 Å². The van der Waals surface area contributed by atoms with Crippen LogP contribution in [0.15, 0.2) is 54.6 Å². The zero-order valence-electron chi connectivity index (χ0n) is 15.1. The van der Waals surface area contributed by atoms with Crippen LogP contribution in [-0.2, 0) is 17.8 Å². The van der Waals surface area contributed by atoms with Crippen LogP contribution in [0.3, 0.4) is 0 Å². The van der Waals surface area contributed by atoms with Crippen molar-refractivity contribution in [2.75, 3.05) is 32.1 Å². The molecule has 2 aromatic rings. The minimum Gasteiger partial charge on any atom is -0.375 e. The second kappa shape index (κ2) is 8.17. The van der Waals surface area contributed by atoms with Gasteiger partial charge in [-0.3, -0.25) is 9.69 Å². The van der Waals surface area contributed by atoms with E-state index in [1.165, 1.54) is 16.8 Å². The Kier molecular flexibility index (Phi) is 5.71. The number of rotatable bonds is 6. The molecule has 1 aliphatic rings. The lowest BCUT2D eigenvalue weighted by atomic mass is 9.94. The van der Waals surface area contributed by atoms with Crippen molar-refractivity contribution < 1.29 is 4.79 Å². The van der Waals surface area contributed by atoms with Crippen molar-refractivity contribution in [3.8, 4) is 0 Å². The minimum absolute atomic E-state index is 0.0678. The molecule has 1 N–H and O–H groups in total. The number of carbonyl (C=O) groups is 1. The molecule has 1 heterocycles. The summed E-state index contributed by atoms with van der Waals surface area (Å²) < 4.78 is 0. The van der Waals surface area contributed by atoms with Gasteiger partial charge < -0.3 is 10.2 Å². The molecule has 0 aliphatic carbocycles. The first-order chi connectivity index (χ1) is 12.1. The first kappa shape index (κ1) is 17.5. The Bertz CT molecular complexity index is 701. The largest absolute Gasteiger partial charge is 0.375 e. The number of hydrogen-bond donors (Lipinski definition) is 1. The molecule has 0 aromatic heterocycles. The van der Waals surface area contributed by atoms with Crippen molar-refractivity contribution in [3.05, 3.63) is 65.7 Å². The highest BCUT2D eigenvalue weighted by atomic mass is 16.2. The van der Waals surface area contributed by atoms with Crippen molar-refractivity contribution >= 4 is 11.6 Å². The van der Waals surface area contributed by atoms with Crippen LogP contribution in [0.25, 0.3) is 0 Å². The number of nitrogens with one attached hydrogen (secondary N) is 1. The van der Waals surface area contributed by atoms with Crippen molar-refractivity contribution in [2.45, 2.75) is 25.4 Å². The van der Waals surface area contributed by atoms with Gasteiger partial charge in [0, 0.05) is 32.4 Å². The lowest BCUT2D eigenvalue weighted by Gasteiger charge is -2.33. The van der Waals surface area contributed by atoms with E-state index in [1.54, 1.807) is 0 Å². The molecule has 1 unspecified atom stereocenters. The number of anilines is 1. The number of fused-ring (bicyclic) bond motifs is 1. The smallest absolute Gasteiger partial charge is 0.237 e. The van der Waals surface area contributed by atoms with E-state index in [1.807, 2.05) is 25.2 Å². The molecule has 0 radical (unpaired) electrons. The maximum absolute atomic E-state index is 12.6. The number of likely N-dealkylation sites (N-methyl/N-ethyl adjacent to an activating group) is 1. The number of carbonyl (C=O) groups excluding carboxylic acids is 1. The zero-order chi connectivity index (χ0) is 17.6. The van der Waals surface area contributed by atoms with Crippen LogP contribution in [-0.4, -0.2) is 44.0 Å². The summed E-state index contributed by atoms with van der Waals surface area (Å²) in [5.74, 6) is 0.138. The third-order valence-electron chi connectivity index (χ3n) is 4.95. The molecule has 0 fully saturated rings. The fourth-order valence-corrected chi connectivity index (χ4v) is 3.40. The summed E-state index contributed by atoms with van der Waals surface area (Å²) in [5, 5.41) is 3.11. The van der Waals surface area contributed by atoms with E-state index < -0.39 is 0 Å². The normalized spacial score (nSPS) is 17.0. The average Bonchev–Trinajstić information content (AvgIpc) is 2.65. The quantitative estimate of drug-likeness (QED) is 0.823. The van der Waals surface area contributed by atoms with Gasteiger partial charge in [0.1, 0.15) is 0 Å². The van der Waals surface area contributed by atoms with Crippen LogP contribution in [0.1, 0.15) is 17.5 Å². The Labute approximate surface area is 150 Å². The summed E-state index contributed by atoms with van der Waals surface area (Å²) in [7, 11) is 4.12. The summed E-state index contributed by atoms with van der Waals surface area (Å²) in [6, 6.07) is 18.7. The number of hydrogen-bond acceptors (Lipinski definition) is 3. The van der Waals surface area contributed by atoms with Gasteiger partial charge >= 0.3 is 0 Å². The Balaban J connectivity index is 1.45. The van der Waals surface area contributed by atoms with Gasteiger partial charge in [-0.15, -0.1) is 0 Å². The van der Waals surface area contributed by atoms with Crippen LogP contribution < -0.4 is 10.2 Å². The Hall–Kier alpha value is -2.33. The first-order valence-corrected chi connectivity index (χ1v) is 8.96. The number of benzene rings is 2. The van der Waals surface area contributed by atoms with E-state index in [4.69, 9.17) is 0 Å². The molecular weight excluding hydrogens is 310 g/mol. The van der Waals surface area contributed by atoms with E-state index in [0.717, 1.165) is 25.9 Å². The third kappa shape index (κ3) is 4.40. The molecule has 0 spiro atoms. The van der Waals surface area contributed by atoms with Gasteiger partial charge in [-0.2, -0.15) is 0 Å². The van der Waals surface area contributed by atoms with Gasteiger partial charge in [0.05, 0.1) is 6.04 Å². The highest BCUT2D eigenvalue weighted by molar-refractivity contribution is 5.82. The predicted octanol–water partition coefficient (Wildman–Crippen LogP) is 2.69. The Morgan fingerprint density at radius 3 is 2.56 bits per heavy atom. The molecular formula is C21H27N3O. The third-order valence-corrected chi connectivity index (χ3v) is 4.95. The molecule has 25 heavy (non-hydrogen) atoms. The van der Waals surface area contributed by atoms with Gasteiger partial charge in [0.15, 0.2) is 0 Å². The minimum atomic E-state index is -0.0678. The van der Waals surface area contributed by atoms with E-state index in [2.05, 4.69) is 58.6 Å². The molecule has 1 amide bonds. The molecule has 1 aliphatic heterocycles. The first-order valence-electron chi connectivity index (χ1n) is 8.96. The van der Waals surface area contributed by atoms with Crippen LogP contribution in [0.4, 0.5) is 5.69 Å². The summed E-state index contributed by atoms with van der Waals surface area (Å²) in [5.41, 5.74) is 3.83. The van der Waals surface area contributed by atoms with Crippen LogP contribution >= 0.6 is 0 Å². The summed E-state index contributed by atoms with van der Waals surface area (Å²) in [4.78, 5) is 16.9. The number of amides is 1. The fourth-order valence-electron chi connectivity index (χ4n) is 3.40. The molecule has 2 aromatic carbocycles. The molecule has 4 nitrogen and oxygen atoms in total. The van der Waals surface area contributed by atoms with Crippen molar-refractivity contribution in [2.24, 2.45) is 0 Å². The maximum atomic E-state index is 12.6. The molecule has 0 saturated heterocycles. The molecule has 0 bridgehead atoms. The van der Waals surface area contributed by atoms with Crippen LogP contribution in [0.2, 0.25) is 0 Å². The van der Waals surface area contributed by atoms with Gasteiger partial charge in [-0.25, -0.2) is 0 Å². The van der Waals surface area contributed by atoms with Gasteiger partial charge in [-0.05, 0) is 43.1 Å². The maximum Gasteiger partial charge on any atom is 0.237 e. The van der Waals surface area contributed by atoms with Crippen LogP contribution in [0.5, 0.6) is 0 Å². The van der Waals surface area contributed by atoms with Crippen LogP contribution in [0, 0.1) is 0 Å². The van der Waals surface area contributed by atoms with E-state index in [-0.39, 0.29) is 11.9 Å². The number of para-hydroxylation sites is 1. The summed E-state index contributed by atoms with van der Waals surface area (Å²) >= 11 is 0. The van der Waals surface area contributed by atoms with E-state index in [0.29, 0.717) is 6.54 Å². The second-order valence-corrected chi connectivity index (χ2v) is 6.81. The molecule has 0 saturated carbocycles. The average molecular weight is 337 g/mol. The van der Waals surface area contributed by atoms with Crippen molar-refractivity contribution in [3.63, 3.8) is 0 Å². The topological polar surface area (TPSA) is 35.6 Å². The summed E-state index contributed by atoms with van der Waals surface area (Å²) in [6.07, 6.45) is 1.73. The molecule has 4 heteroatoms. The Morgan fingerprint density at radius 2 is 1.80 bits per heavy atom. The standard InChI is InChI=1S/C21H27N3O/c1-23(19-11-4-3-5-12-19)14-8-13-22-21(25)20-15-17-9-6-7-10-18(17)16-24(20)2/h3-7,9-12,20H,8,13-16H2,1-2H3,(H,22,25). The highest BCUT2D eigenvalue weighted by Crippen LogP contribution is 2.21. The van der Waals surface area contributed by atoms with Crippen molar-refractivity contribution in [1.29, 1.82) is 0 Å². The van der Waals surface area contributed by atoms with Crippen molar-refractivity contribution in [1.82, 2.24) is 10.2 Å². The van der Waals surface area contributed by atoms with Gasteiger partial charge in [-0.1, -0.05) is 42.5 Å². The molecule has 132 valence electrons. The monoisotopic (exact) mass is 337 g/mol. The SMILES string of the molecule is CN(CCCNC(=O)C1Cc2ccccc2CN1C)c1ccccc1. The Morgan fingerprint density at radius 1 is 1.12 bits per heavy atom.